The van der Waals surface area contributed by atoms with E-state index in [0.29, 0.717) is 0 Å². The maximum Gasteiger partial charge on any atom is 0.0812 e. The van der Waals surface area contributed by atoms with E-state index in [1.165, 1.54) is 37.9 Å². The Morgan fingerprint density at radius 1 is 1.32 bits per heavy atom. The van der Waals surface area contributed by atoms with E-state index in [-0.39, 0.29) is 5.60 Å². The highest BCUT2D eigenvalue weighted by molar-refractivity contribution is 5.15. The lowest BCUT2D eigenvalue weighted by atomic mass is 9.87. The highest BCUT2D eigenvalue weighted by Crippen LogP contribution is 2.37. The first-order valence-corrected chi connectivity index (χ1v) is 7.66. The molecule has 0 amide bonds. The zero-order valence-electron chi connectivity index (χ0n) is 12.0. The standard InChI is InChI=1S/C17H25NO/c1-15-12-17(19-13-15)9-5-10-18(14-17)11-8-16-6-3-2-4-7-16/h2-4,6-7,15H,5,8-14H2,1H3/t15-,17-/m1/s1. The smallest absolute Gasteiger partial charge is 0.0812 e. The summed E-state index contributed by atoms with van der Waals surface area (Å²) in [4.78, 5) is 2.61. The lowest BCUT2D eigenvalue weighted by molar-refractivity contribution is -0.0511. The van der Waals surface area contributed by atoms with Crippen LogP contribution in [0.3, 0.4) is 0 Å². The second-order valence-corrected chi connectivity index (χ2v) is 6.42. The molecule has 104 valence electrons. The summed E-state index contributed by atoms with van der Waals surface area (Å²) in [6.45, 7) is 6.84. The molecule has 2 aliphatic heterocycles. The van der Waals surface area contributed by atoms with Crippen LogP contribution in [0.25, 0.3) is 0 Å². The molecule has 0 bridgehead atoms. The van der Waals surface area contributed by atoms with Crippen LogP contribution in [0.4, 0.5) is 0 Å². The van der Waals surface area contributed by atoms with Crippen LogP contribution < -0.4 is 0 Å². The Morgan fingerprint density at radius 2 is 2.16 bits per heavy atom. The van der Waals surface area contributed by atoms with Gasteiger partial charge in [-0.15, -0.1) is 0 Å². The van der Waals surface area contributed by atoms with Crippen LogP contribution in [-0.4, -0.2) is 36.7 Å². The van der Waals surface area contributed by atoms with Gasteiger partial charge in [0.15, 0.2) is 0 Å². The normalized spacial score (nSPS) is 31.9. The van der Waals surface area contributed by atoms with Gasteiger partial charge in [-0.3, -0.25) is 0 Å². The van der Waals surface area contributed by atoms with E-state index >= 15 is 0 Å². The van der Waals surface area contributed by atoms with Gasteiger partial charge in [-0.05, 0) is 43.7 Å². The largest absolute Gasteiger partial charge is 0.373 e. The molecule has 19 heavy (non-hydrogen) atoms. The summed E-state index contributed by atoms with van der Waals surface area (Å²) < 4.78 is 6.13. The van der Waals surface area contributed by atoms with Gasteiger partial charge in [0.1, 0.15) is 0 Å². The Hall–Kier alpha value is -0.860. The molecule has 2 heteroatoms. The Balaban J connectivity index is 1.54. The van der Waals surface area contributed by atoms with Crippen LogP contribution in [0, 0.1) is 5.92 Å². The van der Waals surface area contributed by atoms with Crippen molar-refractivity contribution in [2.45, 2.75) is 38.2 Å². The van der Waals surface area contributed by atoms with E-state index in [1.807, 2.05) is 0 Å². The third-order valence-corrected chi connectivity index (χ3v) is 4.57. The van der Waals surface area contributed by atoms with E-state index < -0.39 is 0 Å². The van der Waals surface area contributed by atoms with Crippen molar-refractivity contribution >= 4 is 0 Å². The first-order chi connectivity index (χ1) is 9.26. The van der Waals surface area contributed by atoms with Crippen LogP contribution in [-0.2, 0) is 11.2 Å². The first kappa shape index (κ1) is 13.1. The summed E-state index contributed by atoms with van der Waals surface area (Å²) in [5, 5.41) is 0. The van der Waals surface area contributed by atoms with Crippen molar-refractivity contribution in [3.05, 3.63) is 35.9 Å². The van der Waals surface area contributed by atoms with Crippen molar-refractivity contribution < 1.29 is 4.74 Å². The Kier molecular flexibility index (Phi) is 3.90. The van der Waals surface area contributed by atoms with E-state index in [9.17, 15) is 0 Å². The molecule has 1 aromatic rings. The summed E-state index contributed by atoms with van der Waals surface area (Å²) in [6.07, 6.45) is 4.97. The van der Waals surface area contributed by atoms with Crippen LogP contribution in [0.15, 0.2) is 30.3 Å². The Bertz CT molecular complexity index is 401. The molecule has 0 radical (unpaired) electrons. The monoisotopic (exact) mass is 259 g/mol. The molecule has 0 saturated carbocycles. The molecule has 0 unspecified atom stereocenters. The van der Waals surface area contributed by atoms with Gasteiger partial charge < -0.3 is 9.64 Å². The quantitative estimate of drug-likeness (QED) is 0.827. The molecule has 0 aliphatic carbocycles. The number of ether oxygens (including phenoxy) is 1. The van der Waals surface area contributed by atoms with E-state index in [4.69, 9.17) is 4.74 Å². The second kappa shape index (κ2) is 5.64. The molecule has 1 aromatic carbocycles. The van der Waals surface area contributed by atoms with Gasteiger partial charge in [-0.1, -0.05) is 37.3 Å². The van der Waals surface area contributed by atoms with Crippen LogP contribution >= 0.6 is 0 Å². The van der Waals surface area contributed by atoms with Gasteiger partial charge in [0.05, 0.1) is 12.2 Å². The van der Waals surface area contributed by atoms with Gasteiger partial charge in [0.2, 0.25) is 0 Å². The number of benzene rings is 1. The maximum absolute atomic E-state index is 6.13. The van der Waals surface area contributed by atoms with Gasteiger partial charge >= 0.3 is 0 Å². The fraction of sp³-hybridized carbons (Fsp3) is 0.647. The van der Waals surface area contributed by atoms with Crippen molar-refractivity contribution in [2.75, 3.05) is 26.2 Å². The van der Waals surface area contributed by atoms with Crippen LogP contribution in [0.1, 0.15) is 31.7 Å². The minimum atomic E-state index is 0.189. The second-order valence-electron chi connectivity index (χ2n) is 6.42. The molecule has 0 N–H and O–H groups in total. The van der Waals surface area contributed by atoms with Crippen LogP contribution in [0.2, 0.25) is 0 Å². The van der Waals surface area contributed by atoms with Crippen molar-refractivity contribution in [2.24, 2.45) is 5.92 Å². The predicted molar refractivity (Wildman–Crippen MR) is 78.3 cm³/mol. The predicted octanol–water partition coefficient (Wildman–Crippen LogP) is 3.12. The van der Waals surface area contributed by atoms with E-state index in [0.717, 1.165) is 25.5 Å². The van der Waals surface area contributed by atoms with E-state index in [2.05, 4.69) is 42.2 Å². The van der Waals surface area contributed by atoms with Gasteiger partial charge in [0.25, 0.3) is 0 Å². The first-order valence-electron chi connectivity index (χ1n) is 7.66. The summed E-state index contributed by atoms with van der Waals surface area (Å²) in [5.74, 6) is 0.745. The van der Waals surface area contributed by atoms with E-state index in [1.54, 1.807) is 0 Å². The number of hydrogen-bond donors (Lipinski definition) is 0. The molecule has 2 aliphatic rings. The minimum absolute atomic E-state index is 0.189. The minimum Gasteiger partial charge on any atom is -0.373 e. The molecule has 2 heterocycles. The number of nitrogens with zero attached hydrogens (tertiary/aromatic N) is 1. The number of piperidine rings is 1. The molecule has 0 aromatic heterocycles. The number of hydrogen-bond acceptors (Lipinski definition) is 2. The fourth-order valence-corrected chi connectivity index (χ4v) is 3.67. The Morgan fingerprint density at radius 3 is 2.89 bits per heavy atom. The third-order valence-electron chi connectivity index (χ3n) is 4.57. The lowest BCUT2D eigenvalue weighted by Crippen LogP contribution is -2.48. The van der Waals surface area contributed by atoms with Gasteiger partial charge in [-0.2, -0.15) is 0 Å². The summed E-state index contributed by atoms with van der Waals surface area (Å²) >= 11 is 0. The molecular formula is C17H25NO. The molecule has 1 spiro atoms. The molecule has 2 fully saturated rings. The fourth-order valence-electron chi connectivity index (χ4n) is 3.67. The molecule has 2 nitrogen and oxygen atoms in total. The lowest BCUT2D eigenvalue weighted by Gasteiger charge is -2.39. The number of rotatable bonds is 3. The van der Waals surface area contributed by atoms with Gasteiger partial charge in [0, 0.05) is 13.1 Å². The molecular weight excluding hydrogens is 234 g/mol. The third kappa shape index (κ3) is 3.18. The average molecular weight is 259 g/mol. The van der Waals surface area contributed by atoms with Crippen molar-refractivity contribution in [1.29, 1.82) is 0 Å². The van der Waals surface area contributed by atoms with Gasteiger partial charge in [-0.25, -0.2) is 0 Å². The SMILES string of the molecule is C[C@H]1CO[C@]2(CCCN(CCc3ccccc3)C2)C1. The van der Waals surface area contributed by atoms with Crippen molar-refractivity contribution in [3.8, 4) is 0 Å². The highest BCUT2D eigenvalue weighted by atomic mass is 16.5. The highest BCUT2D eigenvalue weighted by Gasteiger charge is 2.41. The molecule has 2 atom stereocenters. The zero-order valence-corrected chi connectivity index (χ0v) is 12.0. The molecule has 3 rings (SSSR count). The van der Waals surface area contributed by atoms with Crippen molar-refractivity contribution in [1.82, 2.24) is 4.90 Å². The number of likely N-dealkylation sites (tertiary alicyclic amines) is 1. The maximum atomic E-state index is 6.13. The zero-order chi connectivity index (χ0) is 13.1. The summed E-state index contributed by atoms with van der Waals surface area (Å²) in [7, 11) is 0. The average Bonchev–Trinajstić information content (AvgIpc) is 2.78. The summed E-state index contributed by atoms with van der Waals surface area (Å²) in [6, 6.07) is 10.8. The summed E-state index contributed by atoms with van der Waals surface area (Å²) in [5.41, 5.74) is 1.64. The van der Waals surface area contributed by atoms with Crippen LogP contribution in [0.5, 0.6) is 0 Å². The molecule has 2 saturated heterocycles. The van der Waals surface area contributed by atoms with Crippen molar-refractivity contribution in [3.63, 3.8) is 0 Å². The Labute approximate surface area is 116 Å². The topological polar surface area (TPSA) is 12.5 Å².